The summed E-state index contributed by atoms with van der Waals surface area (Å²) in [7, 11) is 1.97. The molecule has 0 radical (unpaired) electrons. The zero-order valence-corrected chi connectivity index (χ0v) is 16.4. The van der Waals surface area contributed by atoms with Crippen molar-refractivity contribution in [2.24, 2.45) is 5.92 Å². The van der Waals surface area contributed by atoms with Gasteiger partial charge in [-0.15, -0.1) is 0 Å². The summed E-state index contributed by atoms with van der Waals surface area (Å²) in [6.45, 7) is 6.65. The minimum absolute atomic E-state index is 0.0523. The van der Waals surface area contributed by atoms with Crippen molar-refractivity contribution in [1.82, 2.24) is 14.8 Å². The van der Waals surface area contributed by atoms with Crippen molar-refractivity contribution >= 4 is 5.91 Å². The molecule has 5 nitrogen and oxygen atoms in total. The maximum atomic E-state index is 13.0. The van der Waals surface area contributed by atoms with E-state index in [9.17, 15) is 4.79 Å². The van der Waals surface area contributed by atoms with Crippen LogP contribution in [0.15, 0.2) is 54.9 Å². The number of benzene rings is 1. The van der Waals surface area contributed by atoms with Gasteiger partial charge >= 0.3 is 0 Å². The zero-order valence-electron chi connectivity index (χ0n) is 16.4. The molecule has 0 saturated carbocycles. The molecular weight excluding hydrogens is 338 g/mol. The van der Waals surface area contributed by atoms with E-state index in [0.29, 0.717) is 32.1 Å². The second kappa shape index (κ2) is 9.11. The fourth-order valence-electron chi connectivity index (χ4n) is 3.40. The SMILES string of the molecule is CC(C)[C@H]1CN(C(=O)CN(C)Cc2cccnc2)C[C@@H](c2ccccc2)O1. The molecule has 0 unspecified atom stereocenters. The summed E-state index contributed by atoms with van der Waals surface area (Å²) in [6, 6.07) is 14.1. The Bertz CT molecular complexity index is 721. The third-order valence-electron chi connectivity index (χ3n) is 4.97. The van der Waals surface area contributed by atoms with Gasteiger partial charge in [0.05, 0.1) is 19.2 Å². The highest BCUT2D eigenvalue weighted by molar-refractivity contribution is 5.78. The molecule has 144 valence electrons. The molecule has 0 bridgehead atoms. The molecule has 0 spiro atoms. The number of pyridine rings is 1. The van der Waals surface area contributed by atoms with Gasteiger partial charge in [-0.25, -0.2) is 0 Å². The summed E-state index contributed by atoms with van der Waals surface area (Å²) in [5.74, 6) is 0.510. The lowest BCUT2D eigenvalue weighted by atomic mass is 10.0. The van der Waals surface area contributed by atoms with Crippen LogP contribution >= 0.6 is 0 Å². The predicted octanol–water partition coefficient (Wildman–Crippen LogP) is 3.14. The quantitative estimate of drug-likeness (QED) is 0.787. The van der Waals surface area contributed by atoms with Gasteiger partial charge in [-0.3, -0.25) is 14.7 Å². The minimum Gasteiger partial charge on any atom is -0.366 e. The first-order valence-corrected chi connectivity index (χ1v) is 9.58. The Balaban J connectivity index is 1.65. The van der Waals surface area contributed by atoms with Crippen LogP contribution in [0.25, 0.3) is 0 Å². The summed E-state index contributed by atoms with van der Waals surface area (Å²) in [6.07, 6.45) is 3.59. The van der Waals surface area contributed by atoms with Crippen LogP contribution < -0.4 is 0 Å². The molecule has 1 aliphatic heterocycles. The van der Waals surface area contributed by atoms with Crippen molar-refractivity contribution in [1.29, 1.82) is 0 Å². The van der Waals surface area contributed by atoms with Crippen LogP contribution in [-0.4, -0.2) is 53.5 Å². The number of ether oxygens (including phenoxy) is 1. The van der Waals surface area contributed by atoms with Crippen LogP contribution in [0.4, 0.5) is 0 Å². The average molecular weight is 367 g/mol. The Morgan fingerprint density at radius 1 is 1.22 bits per heavy atom. The third kappa shape index (κ3) is 5.37. The van der Waals surface area contributed by atoms with Gasteiger partial charge in [0.2, 0.25) is 5.91 Å². The lowest BCUT2D eigenvalue weighted by Gasteiger charge is -2.40. The van der Waals surface area contributed by atoms with E-state index >= 15 is 0 Å². The van der Waals surface area contributed by atoms with Gasteiger partial charge in [-0.1, -0.05) is 50.2 Å². The number of hydrogen-bond donors (Lipinski definition) is 0. The highest BCUT2D eigenvalue weighted by Gasteiger charge is 2.33. The summed E-state index contributed by atoms with van der Waals surface area (Å²) in [5, 5.41) is 0. The summed E-state index contributed by atoms with van der Waals surface area (Å²) in [5.41, 5.74) is 2.24. The average Bonchev–Trinajstić information content (AvgIpc) is 2.69. The molecule has 0 aliphatic carbocycles. The molecule has 1 aliphatic rings. The summed E-state index contributed by atoms with van der Waals surface area (Å²) in [4.78, 5) is 21.1. The second-order valence-corrected chi connectivity index (χ2v) is 7.65. The lowest BCUT2D eigenvalue weighted by Crippen LogP contribution is -2.50. The molecule has 1 aromatic carbocycles. The molecular formula is C22H29N3O2. The molecule has 2 heterocycles. The second-order valence-electron chi connectivity index (χ2n) is 7.65. The maximum absolute atomic E-state index is 13.0. The number of carbonyl (C=O) groups excluding carboxylic acids is 1. The van der Waals surface area contributed by atoms with E-state index in [1.54, 1.807) is 6.20 Å². The van der Waals surface area contributed by atoms with Gasteiger partial charge in [-0.2, -0.15) is 0 Å². The van der Waals surface area contributed by atoms with Crippen molar-refractivity contribution in [3.05, 3.63) is 66.0 Å². The van der Waals surface area contributed by atoms with Crippen molar-refractivity contribution < 1.29 is 9.53 Å². The van der Waals surface area contributed by atoms with E-state index in [1.165, 1.54) is 0 Å². The normalized spacial score (nSPS) is 20.3. The number of aromatic nitrogens is 1. The lowest BCUT2D eigenvalue weighted by molar-refractivity contribution is -0.151. The van der Waals surface area contributed by atoms with Gasteiger partial charge in [-0.05, 0) is 30.2 Å². The fraction of sp³-hybridized carbons (Fsp3) is 0.455. The number of amides is 1. The van der Waals surface area contributed by atoms with E-state index in [2.05, 4.69) is 31.0 Å². The Hall–Kier alpha value is -2.24. The third-order valence-corrected chi connectivity index (χ3v) is 4.97. The number of carbonyl (C=O) groups is 1. The highest BCUT2D eigenvalue weighted by Crippen LogP contribution is 2.28. The molecule has 1 fully saturated rings. The largest absolute Gasteiger partial charge is 0.366 e. The molecule has 0 N–H and O–H groups in total. The molecule has 1 saturated heterocycles. The molecule has 1 amide bonds. The van der Waals surface area contributed by atoms with E-state index < -0.39 is 0 Å². The Kier molecular flexibility index (Phi) is 6.58. The van der Waals surface area contributed by atoms with Crippen LogP contribution in [0.5, 0.6) is 0 Å². The van der Waals surface area contributed by atoms with E-state index in [4.69, 9.17) is 4.74 Å². The Morgan fingerprint density at radius 3 is 2.67 bits per heavy atom. The first kappa shape index (κ1) is 19.5. The van der Waals surface area contributed by atoms with Gasteiger partial charge in [0, 0.05) is 25.5 Å². The highest BCUT2D eigenvalue weighted by atomic mass is 16.5. The topological polar surface area (TPSA) is 45.7 Å². The van der Waals surface area contributed by atoms with Crippen LogP contribution in [0, 0.1) is 5.92 Å². The molecule has 2 aromatic rings. The van der Waals surface area contributed by atoms with Crippen molar-refractivity contribution in [3.63, 3.8) is 0 Å². The molecule has 3 rings (SSSR count). The van der Waals surface area contributed by atoms with Gasteiger partial charge < -0.3 is 9.64 Å². The minimum atomic E-state index is -0.0695. The van der Waals surface area contributed by atoms with Crippen LogP contribution in [0.1, 0.15) is 31.1 Å². The number of hydrogen-bond acceptors (Lipinski definition) is 4. The van der Waals surface area contributed by atoms with E-state index in [0.717, 1.165) is 11.1 Å². The predicted molar refractivity (Wildman–Crippen MR) is 106 cm³/mol. The van der Waals surface area contributed by atoms with Gasteiger partial charge in [0.15, 0.2) is 0 Å². The standard InChI is InChI=1S/C22H29N3O2/c1-17(2)20-14-25(15-21(27-20)19-9-5-4-6-10-19)22(26)16-24(3)13-18-8-7-11-23-12-18/h4-12,17,20-21H,13-16H2,1-3H3/t20-,21+/m1/s1. The molecule has 27 heavy (non-hydrogen) atoms. The summed E-state index contributed by atoms with van der Waals surface area (Å²) >= 11 is 0. The maximum Gasteiger partial charge on any atom is 0.236 e. The van der Waals surface area contributed by atoms with Crippen molar-refractivity contribution in [3.8, 4) is 0 Å². The van der Waals surface area contributed by atoms with Crippen molar-refractivity contribution in [2.75, 3.05) is 26.7 Å². The monoisotopic (exact) mass is 367 g/mol. The van der Waals surface area contributed by atoms with Crippen LogP contribution in [0.3, 0.4) is 0 Å². The van der Waals surface area contributed by atoms with E-state index in [1.807, 2.05) is 53.4 Å². The number of likely N-dealkylation sites (N-methyl/N-ethyl adjacent to an activating group) is 1. The molecule has 2 atom stereocenters. The Morgan fingerprint density at radius 2 is 2.00 bits per heavy atom. The summed E-state index contributed by atoms with van der Waals surface area (Å²) < 4.78 is 6.30. The van der Waals surface area contributed by atoms with Gasteiger partial charge in [0.25, 0.3) is 0 Å². The first-order chi connectivity index (χ1) is 13.0. The van der Waals surface area contributed by atoms with Gasteiger partial charge in [0.1, 0.15) is 6.10 Å². The smallest absolute Gasteiger partial charge is 0.236 e. The molecule has 1 aromatic heterocycles. The zero-order chi connectivity index (χ0) is 19.2. The first-order valence-electron chi connectivity index (χ1n) is 9.58. The van der Waals surface area contributed by atoms with Crippen LogP contribution in [-0.2, 0) is 16.1 Å². The number of rotatable bonds is 6. The van der Waals surface area contributed by atoms with Crippen LogP contribution in [0.2, 0.25) is 0 Å². The van der Waals surface area contributed by atoms with Crippen molar-refractivity contribution in [2.45, 2.75) is 32.6 Å². The number of nitrogens with zero attached hydrogens (tertiary/aromatic N) is 3. The number of morpholine rings is 1. The molecule has 5 heteroatoms. The Labute approximate surface area is 162 Å². The fourth-order valence-corrected chi connectivity index (χ4v) is 3.40. The van der Waals surface area contributed by atoms with E-state index in [-0.39, 0.29) is 18.1 Å².